The summed E-state index contributed by atoms with van der Waals surface area (Å²) in [6.45, 7) is 2.23. The number of phenolic OH excluding ortho intramolecular Hbond substituents is 1. The van der Waals surface area contributed by atoms with Crippen LogP contribution in [0, 0.1) is 29.6 Å². The van der Waals surface area contributed by atoms with E-state index in [1.165, 1.54) is 0 Å². The van der Waals surface area contributed by atoms with E-state index in [2.05, 4.69) is 12.8 Å². The molecular weight excluding hydrogens is 328 g/mol. The molecular formula is C22H26O4. The van der Waals surface area contributed by atoms with E-state index in [4.69, 9.17) is 6.42 Å². The van der Waals surface area contributed by atoms with Gasteiger partial charge in [-0.2, -0.15) is 0 Å². The lowest BCUT2D eigenvalue weighted by atomic mass is 9.55. The van der Waals surface area contributed by atoms with Crippen molar-refractivity contribution >= 4 is 5.97 Å². The molecule has 0 saturated heterocycles. The fraction of sp³-hybridized carbons (Fsp3) is 0.591. The summed E-state index contributed by atoms with van der Waals surface area (Å²) in [6.07, 6.45) is 11.1. The molecule has 3 aliphatic rings. The first kappa shape index (κ1) is 17.4. The number of aryl methyl sites for hydroxylation is 1. The van der Waals surface area contributed by atoms with Crippen LogP contribution < -0.4 is 0 Å². The number of aliphatic hydroxyl groups is 1. The van der Waals surface area contributed by atoms with Crippen molar-refractivity contribution in [3.63, 3.8) is 0 Å². The van der Waals surface area contributed by atoms with Crippen molar-refractivity contribution in [1.29, 1.82) is 0 Å². The Morgan fingerprint density at radius 2 is 2.12 bits per heavy atom. The van der Waals surface area contributed by atoms with Gasteiger partial charge in [0.2, 0.25) is 0 Å². The van der Waals surface area contributed by atoms with Gasteiger partial charge in [-0.25, -0.2) is 0 Å². The minimum Gasteiger partial charge on any atom is -0.508 e. The normalized spacial score (nSPS) is 35.1. The third-order valence-electron chi connectivity index (χ3n) is 7.51. The molecule has 0 aromatic heterocycles. The molecule has 138 valence electrons. The number of aliphatic carboxylic acids is 1. The van der Waals surface area contributed by atoms with Gasteiger partial charge in [-0.15, -0.1) is 6.42 Å². The Labute approximate surface area is 154 Å². The summed E-state index contributed by atoms with van der Waals surface area (Å²) in [5.74, 6) is 3.01. The zero-order valence-electron chi connectivity index (χ0n) is 15.2. The van der Waals surface area contributed by atoms with E-state index in [-0.39, 0.29) is 23.7 Å². The van der Waals surface area contributed by atoms with Crippen molar-refractivity contribution in [2.24, 2.45) is 17.3 Å². The molecule has 1 aromatic rings. The number of rotatable bonds is 2. The molecule has 0 aliphatic heterocycles. The number of hydrogen-bond donors (Lipinski definition) is 3. The number of aliphatic hydroxyl groups excluding tert-OH is 1. The standard InChI is InChI=1S/C22H26O4/c1-3-13-16(11-20(25)26)18(23)10-12-4-5-14-15(21(12)13)8-9-22(2)17(14)6-7-19(22)24/h1,10,14-15,17,19,23-24H,4-9,11H2,2H3,(H,25,26)/t14-,15+,17+,19+,22+/m1/s1. The fourth-order valence-electron chi connectivity index (χ4n) is 6.25. The van der Waals surface area contributed by atoms with E-state index in [9.17, 15) is 20.1 Å². The Bertz CT molecular complexity index is 805. The van der Waals surface area contributed by atoms with Gasteiger partial charge < -0.3 is 15.3 Å². The van der Waals surface area contributed by atoms with Crippen LogP contribution in [0.2, 0.25) is 0 Å². The lowest BCUT2D eigenvalue weighted by Gasteiger charge is -2.50. The number of carboxylic acid groups (broad SMARTS) is 1. The highest BCUT2D eigenvalue weighted by Gasteiger charge is 2.54. The Kier molecular flexibility index (Phi) is 4.04. The molecule has 0 heterocycles. The van der Waals surface area contributed by atoms with Gasteiger partial charge >= 0.3 is 5.97 Å². The number of hydrogen-bond acceptors (Lipinski definition) is 3. The molecule has 0 unspecified atom stereocenters. The van der Waals surface area contributed by atoms with Crippen LogP contribution in [0.15, 0.2) is 6.07 Å². The molecule has 4 heteroatoms. The summed E-state index contributed by atoms with van der Waals surface area (Å²) in [5.41, 5.74) is 3.14. The smallest absolute Gasteiger partial charge is 0.308 e. The van der Waals surface area contributed by atoms with Crippen LogP contribution in [0.4, 0.5) is 0 Å². The van der Waals surface area contributed by atoms with Crippen molar-refractivity contribution in [2.75, 3.05) is 0 Å². The number of carbonyl (C=O) groups is 1. The van der Waals surface area contributed by atoms with Gasteiger partial charge in [0.15, 0.2) is 0 Å². The highest BCUT2D eigenvalue weighted by atomic mass is 16.4. The third-order valence-corrected chi connectivity index (χ3v) is 7.51. The van der Waals surface area contributed by atoms with E-state index in [1.54, 1.807) is 6.07 Å². The molecule has 4 rings (SSSR count). The largest absolute Gasteiger partial charge is 0.508 e. The first-order valence-electron chi connectivity index (χ1n) is 9.61. The molecule has 3 aliphatic carbocycles. The Morgan fingerprint density at radius 3 is 2.81 bits per heavy atom. The van der Waals surface area contributed by atoms with Crippen molar-refractivity contribution in [3.05, 3.63) is 28.3 Å². The number of fused-ring (bicyclic) bond motifs is 5. The Balaban J connectivity index is 1.81. The second-order valence-corrected chi connectivity index (χ2v) is 8.59. The van der Waals surface area contributed by atoms with Crippen LogP contribution in [0.3, 0.4) is 0 Å². The molecule has 2 saturated carbocycles. The number of benzene rings is 1. The Morgan fingerprint density at radius 1 is 1.35 bits per heavy atom. The molecule has 1 aromatic carbocycles. The molecule has 0 amide bonds. The first-order chi connectivity index (χ1) is 12.4. The molecule has 4 nitrogen and oxygen atoms in total. The fourth-order valence-corrected chi connectivity index (χ4v) is 6.25. The third kappa shape index (κ3) is 2.37. The molecule has 3 N–H and O–H groups in total. The van der Waals surface area contributed by atoms with Crippen LogP contribution in [0.25, 0.3) is 0 Å². The van der Waals surface area contributed by atoms with Crippen molar-refractivity contribution in [1.82, 2.24) is 0 Å². The van der Waals surface area contributed by atoms with Gasteiger partial charge in [-0.1, -0.05) is 12.8 Å². The molecule has 0 spiro atoms. The second kappa shape index (κ2) is 6.03. The SMILES string of the molecule is C#Cc1c(CC(=O)O)c(O)cc2c1[C@H]1CC[C@]3(C)[C@@H](O)CC[C@H]3[C@@H]1CC2. The quantitative estimate of drug-likeness (QED) is 0.713. The summed E-state index contributed by atoms with van der Waals surface area (Å²) in [7, 11) is 0. The minimum absolute atomic E-state index is 0.00418. The van der Waals surface area contributed by atoms with Gasteiger partial charge in [0.25, 0.3) is 0 Å². The monoisotopic (exact) mass is 354 g/mol. The van der Waals surface area contributed by atoms with Gasteiger partial charge in [-0.3, -0.25) is 4.79 Å². The highest BCUT2D eigenvalue weighted by molar-refractivity contribution is 5.74. The molecule has 5 atom stereocenters. The highest BCUT2D eigenvalue weighted by Crippen LogP contribution is 2.61. The summed E-state index contributed by atoms with van der Waals surface area (Å²) >= 11 is 0. The maximum Gasteiger partial charge on any atom is 0.308 e. The maximum absolute atomic E-state index is 11.3. The minimum atomic E-state index is -0.987. The predicted molar refractivity (Wildman–Crippen MR) is 98.0 cm³/mol. The van der Waals surface area contributed by atoms with Gasteiger partial charge in [0.1, 0.15) is 5.75 Å². The topological polar surface area (TPSA) is 77.8 Å². The average molecular weight is 354 g/mol. The number of aromatic hydroxyl groups is 1. The van der Waals surface area contributed by atoms with Crippen molar-refractivity contribution in [2.45, 2.75) is 63.9 Å². The molecule has 0 radical (unpaired) electrons. The van der Waals surface area contributed by atoms with Crippen LogP contribution in [-0.2, 0) is 17.6 Å². The Hall–Kier alpha value is -1.99. The summed E-state index contributed by atoms with van der Waals surface area (Å²) in [6, 6.07) is 1.74. The van der Waals surface area contributed by atoms with Crippen LogP contribution in [0.5, 0.6) is 5.75 Å². The van der Waals surface area contributed by atoms with Crippen LogP contribution >= 0.6 is 0 Å². The van der Waals surface area contributed by atoms with E-state index in [0.29, 0.717) is 28.9 Å². The number of phenols is 1. The lowest BCUT2D eigenvalue weighted by Crippen LogP contribution is -2.44. The lowest BCUT2D eigenvalue weighted by molar-refractivity contribution is -0.136. The van der Waals surface area contributed by atoms with E-state index >= 15 is 0 Å². The first-order valence-corrected chi connectivity index (χ1v) is 9.61. The van der Waals surface area contributed by atoms with Crippen LogP contribution in [0.1, 0.15) is 67.2 Å². The van der Waals surface area contributed by atoms with Crippen molar-refractivity contribution < 1.29 is 20.1 Å². The average Bonchev–Trinajstić information content (AvgIpc) is 2.90. The van der Waals surface area contributed by atoms with E-state index in [0.717, 1.165) is 49.7 Å². The molecule has 0 bridgehead atoms. The van der Waals surface area contributed by atoms with E-state index in [1.807, 2.05) is 0 Å². The van der Waals surface area contributed by atoms with Gasteiger partial charge in [0.05, 0.1) is 12.5 Å². The summed E-state index contributed by atoms with van der Waals surface area (Å²) < 4.78 is 0. The van der Waals surface area contributed by atoms with Gasteiger partial charge in [-0.05, 0) is 78.9 Å². The predicted octanol–water partition coefficient (Wildman–Crippen LogP) is 3.22. The summed E-state index contributed by atoms with van der Waals surface area (Å²) in [4.78, 5) is 11.3. The zero-order chi connectivity index (χ0) is 18.6. The van der Waals surface area contributed by atoms with Gasteiger partial charge in [0, 0.05) is 11.1 Å². The number of carboxylic acids is 1. The zero-order valence-corrected chi connectivity index (χ0v) is 15.2. The molecule has 26 heavy (non-hydrogen) atoms. The van der Waals surface area contributed by atoms with E-state index < -0.39 is 5.97 Å². The molecule has 2 fully saturated rings. The second-order valence-electron chi connectivity index (χ2n) is 8.59. The maximum atomic E-state index is 11.3. The summed E-state index contributed by atoms with van der Waals surface area (Å²) in [5, 5.41) is 30.1. The van der Waals surface area contributed by atoms with Crippen LogP contribution in [-0.4, -0.2) is 27.4 Å². The number of terminal acetylenes is 1. The van der Waals surface area contributed by atoms with Crippen molar-refractivity contribution in [3.8, 4) is 18.1 Å².